The molecule has 0 spiro atoms. The molecule has 1 atom stereocenters. The summed E-state index contributed by atoms with van der Waals surface area (Å²) in [7, 11) is 0. The number of nitrogens with zero attached hydrogens (tertiary/aromatic N) is 1. The van der Waals surface area contributed by atoms with Crippen LogP contribution in [0.2, 0.25) is 0 Å². The first-order valence-electron chi connectivity index (χ1n) is 9.02. The van der Waals surface area contributed by atoms with E-state index in [0.29, 0.717) is 0 Å². The second-order valence-corrected chi connectivity index (χ2v) is 6.39. The quantitative estimate of drug-likeness (QED) is 0.787. The lowest BCUT2D eigenvalue weighted by Crippen LogP contribution is -2.53. The smallest absolute Gasteiger partial charge is 0.333 e. The van der Waals surface area contributed by atoms with E-state index in [1.165, 1.54) is 0 Å². The monoisotopic (exact) mass is 369 g/mol. The van der Waals surface area contributed by atoms with E-state index in [-0.39, 0.29) is 31.8 Å². The normalized spacial score (nSPS) is 18.1. The minimum absolute atomic E-state index is 0.109. The second kappa shape index (κ2) is 7.70. The molecule has 27 heavy (non-hydrogen) atoms. The maximum absolute atomic E-state index is 13.1. The lowest BCUT2D eigenvalue weighted by molar-refractivity contribution is -0.155. The van der Waals surface area contributed by atoms with Crippen LogP contribution in [-0.4, -0.2) is 35.8 Å². The zero-order valence-corrected chi connectivity index (χ0v) is 15.5. The number of benzene rings is 2. The van der Waals surface area contributed by atoms with E-state index in [1.807, 2.05) is 35.2 Å². The average molecular weight is 369 g/mol. The first-order chi connectivity index (χ1) is 13.0. The van der Waals surface area contributed by atoms with Crippen LogP contribution in [0.5, 0.6) is 5.75 Å². The molecule has 0 fully saturated rings. The SMILES string of the molecule is CCOC(=O)CC1(C(=O)OCC)Cc2cc(O)ccc2N1c1ccccc1. The van der Waals surface area contributed by atoms with E-state index >= 15 is 0 Å². The van der Waals surface area contributed by atoms with Gasteiger partial charge >= 0.3 is 11.9 Å². The van der Waals surface area contributed by atoms with Crippen molar-refractivity contribution in [3.05, 3.63) is 54.1 Å². The van der Waals surface area contributed by atoms with Crippen molar-refractivity contribution < 1.29 is 24.2 Å². The molecule has 1 N–H and O–H groups in total. The molecule has 0 aliphatic carbocycles. The summed E-state index contributed by atoms with van der Waals surface area (Å²) in [6, 6.07) is 14.3. The molecular formula is C21H23NO5. The number of hydrogen-bond donors (Lipinski definition) is 1. The van der Waals surface area contributed by atoms with Gasteiger partial charge in [-0.25, -0.2) is 4.79 Å². The van der Waals surface area contributed by atoms with Crippen LogP contribution in [0.4, 0.5) is 11.4 Å². The number of rotatable bonds is 6. The molecule has 3 rings (SSSR count). The molecule has 0 saturated heterocycles. The van der Waals surface area contributed by atoms with Crippen LogP contribution in [-0.2, 0) is 25.5 Å². The Hall–Kier alpha value is -3.02. The topological polar surface area (TPSA) is 76.1 Å². The predicted molar refractivity (Wildman–Crippen MR) is 101 cm³/mol. The standard InChI is InChI=1S/C21H23NO5/c1-3-26-19(24)14-21(20(25)27-4-2)13-15-12-17(23)10-11-18(15)22(21)16-8-6-5-7-9-16/h5-12,23H,3-4,13-14H2,1-2H3. The van der Waals surface area contributed by atoms with Crippen LogP contribution in [0.3, 0.4) is 0 Å². The van der Waals surface area contributed by atoms with Crippen molar-refractivity contribution in [1.29, 1.82) is 0 Å². The number of phenolic OH excluding ortho intramolecular Hbond substituents is 1. The molecule has 6 heteroatoms. The largest absolute Gasteiger partial charge is 0.508 e. The number of anilines is 2. The van der Waals surface area contributed by atoms with Gasteiger partial charge in [-0.2, -0.15) is 0 Å². The Labute approximate surface area is 158 Å². The van der Waals surface area contributed by atoms with Gasteiger partial charge in [0, 0.05) is 17.8 Å². The van der Waals surface area contributed by atoms with Crippen LogP contribution in [0.15, 0.2) is 48.5 Å². The molecule has 6 nitrogen and oxygen atoms in total. The Kier molecular flexibility index (Phi) is 5.35. The molecule has 1 aliphatic heterocycles. The fourth-order valence-corrected chi connectivity index (χ4v) is 3.61. The number of hydrogen-bond acceptors (Lipinski definition) is 6. The highest BCUT2D eigenvalue weighted by Gasteiger charge is 2.53. The van der Waals surface area contributed by atoms with Gasteiger partial charge in [-0.3, -0.25) is 4.79 Å². The number of esters is 2. The van der Waals surface area contributed by atoms with Crippen LogP contribution in [0, 0.1) is 0 Å². The zero-order chi connectivity index (χ0) is 19.4. The molecule has 0 amide bonds. The Balaban J connectivity index is 2.16. The number of carbonyl (C=O) groups excluding carboxylic acids is 2. The third-order valence-electron chi connectivity index (χ3n) is 4.63. The van der Waals surface area contributed by atoms with Crippen molar-refractivity contribution >= 4 is 23.3 Å². The molecule has 142 valence electrons. The van der Waals surface area contributed by atoms with Crippen LogP contribution in [0.1, 0.15) is 25.8 Å². The summed E-state index contributed by atoms with van der Waals surface area (Å²) in [4.78, 5) is 27.3. The van der Waals surface area contributed by atoms with Gasteiger partial charge in [-0.15, -0.1) is 0 Å². The zero-order valence-electron chi connectivity index (χ0n) is 15.5. The predicted octanol–water partition coefficient (Wildman–Crippen LogP) is 3.34. The summed E-state index contributed by atoms with van der Waals surface area (Å²) in [5.41, 5.74) is 1.03. The Morgan fingerprint density at radius 2 is 1.78 bits per heavy atom. The Bertz CT molecular complexity index is 836. The summed E-state index contributed by atoms with van der Waals surface area (Å²) < 4.78 is 10.5. The van der Waals surface area contributed by atoms with Gasteiger partial charge in [0.25, 0.3) is 0 Å². The van der Waals surface area contributed by atoms with Crippen molar-refractivity contribution in [2.75, 3.05) is 18.1 Å². The minimum Gasteiger partial charge on any atom is -0.508 e. The van der Waals surface area contributed by atoms with Crippen molar-refractivity contribution in [3.8, 4) is 5.75 Å². The van der Waals surface area contributed by atoms with E-state index in [1.54, 1.807) is 32.0 Å². The van der Waals surface area contributed by atoms with Crippen molar-refractivity contribution in [1.82, 2.24) is 0 Å². The van der Waals surface area contributed by atoms with E-state index in [0.717, 1.165) is 16.9 Å². The van der Waals surface area contributed by atoms with Gasteiger partial charge in [0.15, 0.2) is 5.54 Å². The highest BCUT2D eigenvalue weighted by molar-refractivity contribution is 5.96. The van der Waals surface area contributed by atoms with Crippen LogP contribution in [0.25, 0.3) is 0 Å². The summed E-state index contributed by atoms with van der Waals surface area (Å²) >= 11 is 0. The highest BCUT2D eigenvalue weighted by atomic mass is 16.5. The molecule has 2 aromatic carbocycles. The number of carbonyl (C=O) groups is 2. The molecule has 0 bridgehead atoms. The first kappa shape index (κ1) is 18.8. The van der Waals surface area contributed by atoms with Gasteiger partial charge < -0.3 is 19.5 Å². The highest BCUT2D eigenvalue weighted by Crippen LogP contribution is 2.47. The average Bonchev–Trinajstić information content (AvgIpc) is 2.96. The van der Waals surface area contributed by atoms with Crippen LogP contribution >= 0.6 is 0 Å². The maximum atomic E-state index is 13.1. The van der Waals surface area contributed by atoms with Crippen molar-refractivity contribution in [2.45, 2.75) is 32.2 Å². The number of phenols is 1. The second-order valence-electron chi connectivity index (χ2n) is 6.39. The number of fused-ring (bicyclic) bond motifs is 1. The Morgan fingerprint density at radius 1 is 1.07 bits per heavy atom. The molecular weight excluding hydrogens is 346 g/mol. The van der Waals surface area contributed by atoms with Crippen LogP contribution < -0.4 is 4.90 Å². The first-order valence-corrected chi connectivity index (χ1v) is 9.02. The third kappa shape index (κ3) is 3.47. The van der Waals surface area contributed by atoms with E-state index < -0.39 is 17.5 Å². The van der Waals surface area contributed by atoms with E-state index in [9.17, 15) is 14.7 Å². The Morgan fingerprint density at radius 3 is 2.44 bits per heavy atom. The van der Waals surface area contributed by atoms with E-state index in [2.05, 4.69) is 0 Å². The summed E-state index contributed by atoms with van der Waals surface area (Å²) in [5, 5.41) is 9.91. The fraction of sp³-hybridized carbons (Fsp3) is 0.333. The summed E-state index contributed by atoms with van der Waals surface area (Å²) in [5.74, 6) is -0.848. The molecule has 1 unspecified atom stereocenters. The van der Waals surface area contributed by atoms with Gasteiger partial charge in [0.1, 0.15) is 5.75 Å². The number of ether oxygens (including phenoxy) is 2. The third-order valence-corrected chi connectivity index (χ3v) is 4.63. The fourth-order valence-electron chi connectivity index (χ4n) is 3.61. The number of para-hydroxylation sites is 1. The lowest BCUT2D eigenvalue weighted by atomic mass is 9.89. The molecule has 2 aromatic rings. The molecule has 1 heterocycles. The molecule has 0 aromatic heterocycles. The summed E-state index contributed by atoms with van der Waals surface area (Å²) in [6.45, 7) is 3.90. The molecule has 1 aliphatic rings. The molecule has 0 saturated carbocycles. The van der Waals surface area contributed by atoms with Gasteiger partial charge in [-0.05, 0) is 49.7 Å². The minimum atomic E-state index is -1.26. The maximum Gasteiger partial charge on any atom is 0.333 e. The van der Waals surface area contributed by atoms with Gasteiger partial charge in [-0.1, -0.05) is 18.2 Å². The summed E-state index contributed by atoms with van der Waals surface area (Å²) in [6.07, 6.45) is 0.0906. The van der Waals surface area contributed by atoms with Gasteiger partial charge in [0.05, 0.1) is 19.6 Å². The molecule has 0 radical (unpaired) electrons. The number of aromatic hydroxyl groups is 1. The van der Waals surface area contributed by atoms with Gasteiger partial charge in [0.2, 0.25) is 0 Å². The van der Waals surface area contributed by atoms with Crippen molar-refractivity contribution in [2.24, 2.45) is 0 Å². The lowest BCUT2D eigenvalue weighted by Gasteiger charge is -2.37. The van der Waals surface area contributed by atoms with E-state index in [4.69, 9.17) is 9.47 Å². The van der Waals surface area contributed by atoms with Crippen molar-refractivity contribution in [3.63, 3.8) is 0 Å².